The fraction of sp³-hybridized carbons (Fsp3) is 0.571. The SMILES string of the molecule is C=C([O-])CCC(O)C(C)=O. The number of carbonyl (C=O) groups excluding carboxylic acids is 1. The van der Waals surface area contributed by atoms with E-state index < -0.39 is 6.10 Å². The fourth-order valence-corrected chi connectivity index (χ4v) is 0.501. The summed E-state index contributed by atoms with van der Waals surface area (Å²) in [4.78, 5) is 10.4. The van der Waals surface area contributed by atoms with Gasteiger partial charge in [0.1, 0.15) is 6.10 Å². The summed E-state index contributed by atoms with van der Waals surface area (Å²) in [5, 5.41) is 19.1. The average Bonchev–Trinajstić information content (AvgIpc) is 1.82. The van der Waals surface area contributed by atoms with Gasteiger partial charge in [-0.1, -0.05) is 0 Å². The number of rotatable bonds is 4. The van der Waals surface area contributed by atoms with Gasteiger partial charge in [-0.15, -0.1) is 12.3 Å². The highest BCUT2D eigenvalue weighted by Crippen LogP contribution is 2.00. The van der Waals surface area contributed by atoms with Gasteiger partial charge in [0.05, 0.1) is 0 Å². The minimum atomic E-state index is -0.995. The number of aliphatic hydroxyl groups is 1. The van der Waals surface area contributed by atoms with Crippen molar-refractivity contribution in [2.24, 2.45) is 0 Å². The molecule has 0 aliphatic carbocycles. The molecule has 58 valence electrons. The van der Waals surface area contributed by atoms with Crippen LogP contribution in [0.2, 0.25) is 0 Å². The maximum Gasteiger partial charge on any atom is 0.158 e. The molecule has 0 rings (SSSR count). The molecule has 0 aliphatic rings. The molecule has 0 saturated heterocycles. The summed E-state index contributed by atoms with van der Waals surface area (Å²) in [5.41, 5.74) is 0. The summed E-state index contributed by atoms with van der Waals surface area (Å²) < 4.78 is 0. The summed E-state index contributed by atoms with van der Waals surface area (Å²) in [6.07, 6.45) is -0.635. The zero-order valence-corrected chi connectivity index (χ0v) is 5.96. The topological polar surface area (TPSA) is 60.4 Å². The molecule has 10 heavy (non-hydrogen) atoms. The lowest BCUT2D eigenvalue weighted by atomic mass is 10.1. The van der Waals surface area contributed by atoms with Crippen LogP contribution >= 0.6 is 0 Å². The first-order chi connectivity index (χ1) is 4.54. The van der Waals surface area contributed by atoms with Crippen molar-refractivity contribution < 1.29 is 15.0 Å². The summed E-state index contributed by atoms with van der Waals surface area (Å²) in [5.74, 6) is -0.554. The van der Waals surface area contributed by atoms with Crippen LogP contribution in [0.3, 0.4) is 0 Å². The van der Waals surface area contributed by atoms with Gasteiger partial charge < -0.3 is 10.2 Å². The molecule has 0 aromatic heterocycles. The summed E-state index contributed by atoms with van der Waals surface area (Å²) >= 11 is 0. The van der Waals surface area contributed by atoms with E-state index in [4.69, 9.17) is 5.11 Å². The Labute approximate surface area is 60.0 Å². The molecule has 0 saturated carbocycles. The third-order valence-corrected chi connectivity index (χ3v) is 1.17. The predicted octanol–water partition coefficient (Wildman–Crippen LogP) is -0.409. The molecule has 1 unspecified atom stereocenters. The van der Waals surface area contributed by atoms with Crippen LogP contribution in [-0.4, -0.2) is 17.0 Å². The number of aliphatic hydroxyl groups excluding tert-OH is 1. The van der Waals surface area contributed by atoms with E-state index in [-0.39, 0.29) is 24.4 Å². The molecule has 0 fully saturated rings. The Morgan fingerprint density at radius 3 is 2.60 bits per heavy atom. The Hall–Kier alpha value is -0.830. The first-order valence-corrected chi connectivity index (χ1v) is 3.07. The van der Waals surface area contributed by atoms with E-state index in [0.717, 1.165) is 0 Å². The molecule has 0 amide bonds. The number of hydrogen-bond donors (Lipinski definition) is 1. The quantitative estimate of drug-likeness (QED) is 0.544. The molecule has 3 heteroatoms. The van der Waals surface area contributed by atoms with Gasteiger partial charge in [0, 0.05) is 0 Å². The zero-order chi connectivity index (χ0) is 8.15. The Kier molecular flexibility index (Phi) is 3.72. The third kappa shape index (κ3) is 4.09. The minimum absolute atomic E-state index is 0.167. The summed E-state index contributed by atoms with van der Waals surface area (Å²) in [7, 11) is 0. The number of hydrogen-bond acceptors (Lipinski definition) is 3. The van der Waals surface area contributed by atoms with Gasteiger partial charge in [-0.2, -0.15) is 0 Å². The van der Waals surface area contributed by atoms with Gasteiger partial charge in [-0.05, 0) is 19.8 Å². The van der Waals surface area contributed by atoms with Gasteiger partial charge in [0.25, 0.3) is 0 Å². The van der Waals surface area contributed by atoms with E-state index >= 15 is 0 Å². The molecule has 0 radical (unpaired) electrons. The van der Waals surface area contributed by atoms with E-state index in [1.807, 2.05) is 0 Å². The third-order valence-electron chi connectivity index (χ3n) is 1.17. The van der Waals surface area contributed by atoms with E-state index in [1.165, 1.54) is 6.92 Å². The van der Waals surface area contributed by atoms with Gasteiger partial charge >= 0.3 is 0 Å². The first-order valence-electron chi connectivity index (χ1n) is 3.07. The molecular formula is C7H11O3-. The molecule has 0 spiro atoms. The first kappa shape index (κ1) is 9.17. The zero-order valence-electron chi connectivity index (χ0n) is 5.96. The predicted molar refractivity (Wildman–Crippen MR) is 35.1 cm³/mol. The van der Waals surface area contributed by atoms with E-state index in [2.05, 4.69) is 6.58 Å². The summed E-state index contributed by atoms with van der Waals surface area (Å²) in [6, 6.07) is 0. The second kappa shape index (κ2) is 4.06. The largest absolute Gasteiger partial charge is 0.876 e. The highest BCUT2D eigenvalue weighted by Gasteiger charge is 2.07. The van der Waals surface area contributed by atoms with Crippen molar-refractivity contribution in [3.05, 3.63) is 12.3 Å². The van der Waals surface area contributed by atoms with Gasteiger partial charge in [0.2, 0.25) is 0 Å². The number of carbonyl (C=O) groups is 1. The highest BCUT2D eigenvalue weighted by atomic mass is 16.3. The highest BCUT2D eigenvalue weighted by molar-refractivity contribution is 5.80. The molecule has 1 atom stereocenters. The van der Waals surface area contributed by atoms with Crippen LogP contribution in [0.4, 0.5) is 0 Å². The maximum absolute atomic E-state index is 10.4. The van der Waals surface area contributed by atoms with Crippen molar-refractivity contribution >= 4 is 5.78 Å². The smallest absolute Gasteiger partial charge is 0.158 e. The van der Waals surface area contributed by atoms with Crippen LogP contribution in [0.1, 0.15) is 19.8 Å². The Balaban J connectivity index is 3.49. The fourth-order valence-electron chi connectivity index (χ4n) is 0.501. The second-order valence-electron chi connectivity index (χ2n) is 2.20. The Morgan fingerprint density at radius 2 is 2.30 bits per heavy atom. The van der Waals surface area contributed by atoms with Crippen molar-refractivity contribution in [3.63, 3.8) is 0 Å². The van der Waals surface area contributed by atoms with Crippen LogP contribution in [-0.2, 0) is 4.79 Å². The van der Waals surface area contributed by atoms with Crippen LogP contribution in [0.25, 0.3) is 0 Å². The lowest BCUT2D eigenvalue weighted by Crippen LogP contribution is -2.17. The van der Waals surface area contributed by atoms with E-state index in [1.54, 1.807) is 0 Å². The standard InChI is InChI=1S/C7H12O3/c1-5(8)3-4-7(10)6(2)9/h7-8,10H,1,3-4H2,2H3/p-1. The molecule has 0 aromatic rings. The van der Waals surface area contributed by atoms with Crippen molar-refractivity contribution in [2.45, 2.75) is 25.9 Å². The second-order valence-corrected chi connectivity index (χ2v) is 2.20. The van der Waals surface area contributed by atoms with Crippen LogP contribution < -0.4 is 5.11 Å². The van der Waals surface area contributed by atoms with Gasteiger partial charge in [-0.25, -0.2) is 0 Å². The Bertz CT molecular complexity index is 140. The maximum atomic E-state index is 10.4. The van der Waals surface area contributed by atoms with Gasteiger partial charge in [-0.3, -0.25) is 4.79 Å². The van der Waals surface area contributed by atoms with Crippen LogP contribution in [0.15, 0.2) is 12.3 Å². The lowest BCUT2D eigenvalue weighted by Gasteiger charge is -2.10. The van der Waals surface area contributed by atoms with Gasteiger partial charge in [0.15, 0.2) is 5.78 Å². The molecule has 0 aliphatic heterocycles. The van der Waals surface area contributed by atoms with E-state index in [0.29, 0.717) is 0 Å². The monoisotopic (exact) mass is 143 g/mol. The molecular weight excluding hydrogens is 132 g/mol. The number of Topliss-reactive ketones (excluding diaryl/α,β-unsaturated/α-hetero) is 1. The molecule has 0 bridgehead atoms. The van der Waals surface area contributed by atoms with Crippen LogP contribution in [0.5, 0.6) is 0 Å². The Morgan fingerprint density at radius 1 is 1.80 bits per heavy atom. The molecule has 3 nitrogen and oxygen atoms in total. The normalized spacial score (nSPS) is 12.6. The molecule has 0 heterocycles. The van der Waals surface area contributed by atoms with Crippen molar-refractivity contribution in [2.75, 3.05) is 0 Å². The van der Waals surface area contributed by atoms with Crippen molar-refractivity contribution in [1.82, 2.24) is 0 Å². The molecule has 1 N–H and O–H groups in total. The number of allylic oxidation sites excluding steroid dienone is 1. The van der Waals surface area contributed by atoms with E-state index in [9.17, 15) is 9.90 Å². The summed E-state index contributed by atoms with van der Waals surface area (Å²) in [6.45, 7) is 4.40. The molecule has 0 aromatic carbocycles. The van der Waals surface area contributed by atoms with Crippen LogP contribution in [0, 0.1) is 0 Å². The average molecular weight is 143 g/mol. The number of ketones is 1. The minimum Gasteiger partial charge on any atom is -0.876 e. The lowest BCUT2D eigenvalue weighted by molar-refractivity contribution is -0.306. The van der Waals surface area contributed by atoms with Crippen molar-refractivity contribution in [1.29, 1.82) is 0 Å². The van der Waals surface area contributed by atoms with Crippen molar-refractivity contribution in [3.8, 4) is 0 Å².